The fourth-order valence-electron chi connectivity index (χ4n) is 4.66. The van der Waals surface area contributed by atoms with E-state index in [1.165, 1.54) is 51.4 Å². The molecule has 1 aliphatic heterocycles. The minimum Gasteiger partial charge on any atom is -0.465 e. The van der Waals surface area contributed by atoms with Gasteiger partial charge in [0, 0.05) is 38.1 Å². The second-order valence-electron chi connectivity index (χ2n) is 11.1. The van der Waals surface area contributed by atoms with Gasteiger partial charge in [0.1, 0.15) is 0 Å². The monoisotopic (exact) mass is 555 g/mol. The minimum atomic E-state index is -0.442. The molecule has 1 radical (unpaired) electrons. The van der Waals surface area contributed by atoms with Crippen LogP contribution in [-0.4, -0.2) is 75.9 Å². The highest BCUT2D eigenvalue weighted by molar-refractivity contribution is 5.69. The minimum absolute atomic E-state index is 0.104. The lowest BCUT2D eigenvalue weighted by molar-refractivity contribution is -0.160. The van der Waals surface area contributed by atoms with Crippen LogP contribution in [0.25, 0.3) is 0 Å². The van der Waals surface area contributed by atoms with Crippen LogP contribution in [0.4, 0.5) is 4.79 Å². The Labute approximate surface area is 239 Å². The lowest BCUT2D eigenvalue weighted by Gasteiger charge is -2.29. The van der Waals surface area contributed by atoms with Gasteiger partial charge in [-0.15, -0.1) is 0 Å². The van der Waals surface area contributed by atoms with E-state index in [-0.39, 0.29) is 43.9 Å². The van der Waals surface area contributed by atoms with E-state index in [2.05, 4.69) is 31.0 Å². The molecule has 1 N–H and O–H groups in total. The summed E-state index contributed by atoms with van der Waals surface area (Å²) in [6, 6.07) is 0.108. The summed E-state index contributed by atoms with van der Waals surface area (Å²) in [5.41, 5.74) is 0. The molecular weight excluding hydrogens is 496 g/mol. The third-order valence-corrected chi connectivity index (χ3v) is 7.06. The fourth-order valence-corrected chi connectivity index (χ4v) is 4.66. The third kappa shape index (κ3) is 21.1. The van der Waals surface area contributed by atoms with E-state index in [9.17, 15) is 9.59 Å². The molecule has 0 aliphatic carbocycles. The number of esters is 1. The number of nitrogens with one attached hydrogen (secondary N) is 1. The van der Waals surface area contributed by atoms with E-state index in [1.54, 1.807) is 0 Å². The average molecular weight is 556 g/mol. The number of likely N-dealkylation sites (N-methyl/N-ethyl adjacent to an activating group) is 1. The summed E-state index contributed by atoms with van der Waals surface area (Å²) in [4.78, 5) is 26.6. The van der Waals surface area contributed by atoms with Gasteiger partial charge in [0.2, 0.25) is 0 Å². The van der Waals surface area contributed by atoms with Crippen molar-refractivity contribution in [3.63, 3.8) is 0 Å². The quantitative estimate of drug-likeness (QED) is 0.0809. The zero-order chi connectivity index (χ0) is 28.6. The predicted octanol–water partition coefficient (Wildman–Crippen LogP) is 6.66. The molecule has 1 saturated heterocycles. The molecule has 1 heterocycles. The topological polar surface area (TPSA) is 86.3 Å². The summed E-state index contributed by atoms with van der Waals surface area (Å²) in [7, 11) is 2.05. The molecule has 0 aromatic carbocycles. The zero-order valence-corrected chi connectivity index (χ0v) is 25.4. The number of carbonyl (C=O) groups is 2. The molecule has 0 spiro atoms. The van der Waals surface area contributed by atoms with Crippen LogP contribution in [0.3, 0.4) is 0 Å². The summed E-state index contributed by atoms with van der Waals surface area (Å²) in [5, 5.41) is 2.90. The molecule has 1 amide bonds. The van der Waals surface area contributed by atoms with Gasteiger partial charge in [-0.25, -0.2) is 4.79 Å². The summed E-state index contributed by atoms with van der Waals surface area (Å²) in [6.45, 7) is 11.8. The normalized spacial score (nSPS) is 16.8. The molecule has 0 aromatic heterocycles. The molecule has 39 heavy (non-hydrogen) atoms. The molecule has 1 fully saturated rings. The average Bonchev–Trinajstić information content (AvgIpc) is 2.92. The highest BCUT2D eigenvalue weighted by Crippen LogP contribution is 2.12. The molecular formula is C31H59N2O6. The van der Waals surface area contributed by atoms with Crippen molar-refractivity contribution in [1.29, 1.82) is 0 Å². The van der Waals surface area contributed by atoms with Crippen LogP contribution < -0.4 is 5.32 Å². The Morgan fingerprint density at radius 3 is 2.03 bits per heavy atom. The Morgan fingerprint density at radius 1 is 0.872 bits per heavy atom. The molecule has 0 saturated carbocycles. The van der Waals surface area contributed by atoms with Crippen molar-refractivity contribution in [2.24, 2.45) is 5.92 Å². The second-order valence-corrected chi connectivity index (χ2v) is 11.1. The van der Waals surface area contributed by atoms with Crippen molar-refractivity contribution in [3.05, 3.63) is 6.92 Å². The van der Waals surface area contributed by atoms with Gasteiger partial charge in [-0.05, 0) is 46.2 Å². The Morgan fingerprint density at radius 2 is 1.44 bits per heavy atom. The van der Waals surface area contributed by atoms with Crippen molar-refractivity contribution in [2.45, 2.75) is 129 Å². The number of hydrogen-bond donors (Lipinski definition) is 1. The first-order chi connectivity index (χ1) is 18.9. The highest BCUT2D eigenvalue weighted by atomic mass is 16.7. The number of hydrogen-bond acceptors (Lipinski definition) is 7. The van der Waals surface area contributed by atoms with E-state index in [1.807, 2.05) is 7.05 Å². The smallest absolute Gasteiger partial charge is 0.407 e. The van der Waals surface area contributed by atoms with Crippen molar-refractivity contribution in [1.82, 2.24) is 10.2 Å². The molecule has 8 heteroatoms. The van der Waals surface area contributed by atoms with Crippen molar-refractivity contribution >= 4 is 12.1 Å². The predicted molar refractivity (Wildman–Crippen MR) is 156 cm³/mol. The van der Waals surface area contributed by atoms with Gasteiger partial charge in [-0.1, -0.05) is 78.1 Å². The van der Waals surface area contributed by atoms with E-state index in [0.29, 0.717) is 19.6 Å². The third-order valence-electron chi connectivity index (χ3n) is 7.06. The molecule has 1 rings (SSSR count). The largest absolute Gasteiger partial charge is 0.465 e. The maximum absolute atomic E-state index is 12.4. The number of alkyl carbamates (subject to hydrolysis) is 1. The summed E-state index contributed by atoms with van der Waals surface area (Å²) < 4.78 is 22.6. The lowest BCUT2D eigenvalue weighted by Crippen LogP contribution is -2.46. The Balaban J connectivity index is 2.24. The fraction of sp³-hybridized carbons (Fsp3) is 0.903. The van der Waals surface area contributed by atoms with Gasteiger partial charge in [0.05, 0.1) is 19.6 Å². The van der Waals surface area contributed by atoms with Crippen LogP contribution in [-0.2, 0) is 23.7 Å². The molecule has 0 bridgehead atoms. The summed E-state index contributed by atoms with van der Waals surface area (Å²) in [6.07, 6.45) is 16.3. The Bertz CT molecular complexity index is 588. The van der Waals surface area contributed by atoms with Crippen LogP contribution in [0, 0.1) is 12.8 Å². The Hall–Kier alpha value is -1.38. The molecule has 1 aliphatic rings. The van der Waals surface area contributed by atoms with Gasteiger partial charge in [0.15, 0.2) is 6.29 Å². The van der Waals surface area contributed by atoms with E-state index < -0.39 is 6.09 Å². The summed E-state index contributed by atoms with van der Waals surface area (Å²) in [5.74, 6) is -0.632. The first kappa shape index (κ1) is 35.6. The van der Waals surface area contributed by atoms with Gasteiger partial charge in [0.25, 0.3) is 0 Å². The maximum Gasteiger partial charge on any atom is 0.407 e. The molecule has 2 unspecified atom stereocenters. The first-order valence-corrected chi connectivity index (χ1v) is 15.8. The number of ether oxygens (including phenoxy) is 4. The standard InChI is InChI=1S/C31H59N2O6/c1-5-7-9-11-13-15-22-36-30(37-23-16-14-12-10-8-6-2)20-19-29(34)38-25-27(3)26-39-31(35)32-28-18-17-21-33(4)24-28/h27-28,30H,3,5-26H2,1-2,4H3,(H,32,35). The van der Waals surface area contributed by atoms with Crippen molar-refractivity contribution in [2.75, 3.05) is 46.6 Å². The van der Waals surface area contributed by atoms with E-state index in [0.717, 1.165) is 51.6 Å². The van der Waals surface area contributed by atoms with Gasteiger partial charge >= 0.3 is 12.1 Å². The number of piperidine rings is 1. The molecule has 229 valence electrons. The number of nitrogens with zero attached hydrogens (tertiary/aromatic N) is 1. The first-order valence-electron chi connectivity index (χ1n) is 15.8. The molecule has 0 aromatic rings. The van der Waals surface area contributed by atoms with Gasteiger partial charge < -0.3 is 29.2 Å². The number of rotatable bonds is 24. The zero-order valence-electron chi connectivity index (χ0n) is 25.4. The van der Waals surface area contributed by atoms with Crippen molar-refractivity contribution < 1.29 is 28.5 Å². The molecule has 8 nitrogen and oxygen atoms in total. The number of unbranched alkanes of at least 4 members (excludes halogenated alkanes) is 10. The van der Waals surface area contributed by atoms with Crippen LogP contribution in [0.15, 0.2) is 0 Å². The van der Waals surface area contributed by atoms with Crippen molar-refractivity contribution in [3.8, 4) is 0 Å². The summed E-state index contributed by atoms with van der Waals surface area (Å²) >= 11 is 0. The maximum atomic E-state index is 12.4. The van der Waals surface area contributed by atoms with E-state index >= 15 is 0 Å². The Kier molecular flexibility index (Phi) is 22.3. The number of amides is 1. The lowest BCUT2D eigenvalue weighted by atomic mass is 10.1. The van der Waals surface area contributed by atoms with Gasteiger partial charge in [-0.3, -0.25) is 4.79 Å². The number of carbonyl (C=O) groups excluding carboxylic acids is 2. The molecule has 2 atom stereocenters. The van der Waals surface area contributed by atoms with Crippen LogP contribution in [0.1, 0.15) is 117 Å². The SMILES string of the molecule is [CH2]C(COC(=O)CCC(OCCCCCCCC)OCCCCCCCC)COC(=O)NC1CCCN(C)C1. The van der Waals surface area contributed by atoms with Gasteiger partial charge in [-0.2, -0.15) is 0 Å². The van der Waals surface area contributed by atoms with Crippen LogP contribution in [0.5, 0.6) is 0 Å². The van der Waals surface area contributed by atoms with Crippen LogP contribution >= 0.6 is 0 Å². The van der Waals surface area contributed by atoms with Crippen LogP contribution in [0.2, 0.25) is 0 Å². The number of likely N-dealkylation sites (tertiary alicyclic amines) is 1. The van der Waals surface area contributed by atoms with E-state index in [4.69, 9.17) is 18.9 Å². The highest BCUT2D eigenvalue weighted by Gasteiger charge is 2.20. The second kappa shape index (κ2) is 24.4.